The number of imide groups is 1. The Morgan fingerprint density at radius 2 is 1.76 bits per heavy atom. The van der Waals surface area contributed by atoms with Crippen molar-refractivity contribution >= 4 is 23.5 Å². The summed E-state index contributed by atoms with van der Waals surface area (Å²) in [7, 11) is 2.95. The van der Waals surface area contributed by atoms with Gasteiger partial charge in [0, 0.05) is 50.0 Å². The lowest BCUT2D eigenvalue weighted by atomic mass is 9.75. The molecule has 2 saturated heterocycles. The topological polar surface area (TPSA) is 84.0 Å². The highest BCUT2D eigenvalue weighted by atomic mass is 16.5. The van der Waals surface area contributed by atoms with Gasteiger partial charge in [-0.1, -0.05) is 48.5 Å². The molecule has 7 heteroatoms. The summed E-state index contributed by atoms with van der Waals surface area (Å²) in [6, 6.07) is 16.1. The maximum Gasteiger partial charge on any atom is 0.240 e. The van der Waals surface area contributed by atoms with Crippen LogP contribution in [0.25, 0.3) is 0 Å². The van der Waals surface area contributed by atoms with Gasteiger partial charge in [0.1, 0.15) is 5.75 Å². The van der Waals surface area contributed by atoms with E-state index in [-0.39, 0.29) is 36.4 Å². The van der Waals surface area contributed by atoms with Crippen molar-refractivity contribution in [2.24, 2.45) is 5.92 Å². The number of Topliss-reactive ketones (excluding diaryl/α,β-unsaturated/α-hetero) is 1. The Labute approximate surface area is 193 Å². The molecule has 2 aromatic carbocycles. The van der Waals surface area contributed by atoms with Crippen molar-refractivity contribution in [1.29, 1.82) is 0 Å². The van der Waals surface area contributed by atoms with E-state index in [9.17, 15) is 19.2 Å². The van der Waals surface area contributed by atoms with Gasteiger partial charge in [-0.2, -0.15) is 0 Å². The fraction of sp³-hybridized carbons (Fsp3) is 0.385. The molecule has 0 radical (unpaired) electrons. The maximum atomic E-state index is 13.5. The second-order valence-electron chi connectivity index (χ2n) is 8.80. The summed E-state index contributed by atoms with van der Waals surface area (Å²) in [5, 5.41) is 0. The lowest BCUT2D eigenvalue weighted by Gasteiger charge is -2.35. The molecule has 4 rings (SSSR count). The smallest absolute Gasteiger partial charge is 0.240 e. The molecule has 0 saturated carbocycles. The molecule has 2 aromatic rings. The van der Waals surface area contributed by atoms with Crippen molar-refractivity contribution in [3.63, 3.8) is 0 Å². The zero-order chi connectivity index (χ0) is 23.6. The highest BCUT2D eigenvalue weighted by Gasteiger charge is 2.54. The van der Waals surface area contributed by atoms with Crippen LogP contribution < -0.4 is 4.74 Å². The van der Waals surface area contributed by atoms with Crippen LogP contribution in [-0.2, 0) is 19.8 Å². The summed E-state index contributed by atoms with van der Waals surface area (Å²) in [4.78, 5) is 55.0. The first-order chi connectivity index (χ1) is 15.9. The van der Waals surface area contributed by atoms with E-state index in [2.05, 4.69) is 0 Å². The Bertz CT molecular complexity index is 1080. The van der Waals surface area contributed by atoms with Crippen molar-refractivity contribution in [3.05, 3.63) is 65.7 Å². The Hall–Kier alpha value is -3.48. The Morgan fingerprint density at radius 1 is 1.06 bits per heavy atom. The second kappa shape index (κ2) is 9.17. The predicted octanol–water partition coefficient (Wildman–Crippen LogP) is 2.83. The van der Waals surface area contributed by atoms with Gasteiger partial charge in [-0.15, -0.1) is 0 Å². The molecule has 0 N–H and O–H groups in total. The maximum absolute atomic E-state index is 13.5. The van der Waals surface area contributed by atoms with E-state index in [0.717, 1.165) is 11.3 Å². The first-order valence-corrected chi connectivity index (χ1v) is 11.2. The lowest BCUT2D eigenvalue weighted by Crippen LogP contribution is -2.47. The van der Waals surface area contributed by atoms with E-state index in [4.69, 9.17) is 4.74 Å². The number of nitrogens with zero attached hydrogens (tertiary/aromatic N) is 2. The van der Waals surface area contributed by atoms with E-state index in [1.54, 1.807) is 41.3 Å². The number of methoxy groups -OCH3 is 1. The number of likely N-dealkylation sites (tertiary alicyclic amines) is 2. The Kier molecular flexibility index (Phi) is 6.31. The number of carbonyl (C=O) groups is 4. The van der Waals surface area contributed by atoms with Crippen LogP contribution in [0.1, 0.15) is 41.6 Å². The number of carbonyl (C=O) groups excluding carboxylic acids is 4. The number of benzene rings is 2. The fourth-order valence-corrected chi connectivity index (χ4v) is 5.00. The minimum atomic E-state index is -1.31. The number of likely N-dealkylation sites (N-methyl/N-ethyl adjacent to an activating group) is 1. The Balaban J connectivity index is 1.60. The lowest BCUT2D eigenvalue weighted by molar-refractivity contribution is -0.142. The van der Waals surface area contributed by atoms with Crippen LogP contribution in [-0.4, -0.2) is 60.6 Å². The predicted molar refractivity (Wildman–Crippen MR) is 122 cm³/mol. The minimum Gasteiger partial charge on any atom is -0.496 e. The number of rotatable bonds is 6. The highest BCUT2D eigenvalue weighted by Crippen LogP contribution is 2.43. The molecule has 2 heterocycles. The molecule has 2 atom stereocenters. The minimum absolute atomic E-state index is 0.0272. The number of ether oxygens (including phenoxy) is 1. The van der Waals surface area contributed by atoms with Crippen molar-refractivity contribution < 1.29 is 23.9 Å². The van der Waals surface area contributed by atoms with Crippen molar-refractivity contribution in [3.8, 4) is 5.75 Å². The van der Waals surface area contributed by atoms with Gasteiger partial charge in [-0.25, -0.2) is 0 Å². The summed E-state index contributed by atoms with van der Waals surface area (Å²) in [5.41, 5.74) is -0.135. The van der Waals surface area contributed by atoms with Gasteiger partial charge in [0.2, 0.25) is 17.7 Å². The average molecular weight is 449 g/mol. The van der Waals surface area contributed by atoms with E-state index in [0.29, 0.717) is 36.4 Å². The van der Waals surface area contributed by atoms with Gasteiger partial charge in [0.15, 0.2) is 5.78 Å². The molecule has 0 aromatic heterocycles. The molecule has 0 bridgehead atoms. The van der Waals surface area contributed by atoms with Crippen LogP contribution in [0.5, 0.6) is 5.75 Å². The largest absolute Gasteiger partial charge is 0.496 e. The standard InChI is InChI=1S/C26H28N2O5/c1-27-22(29)15-26(25(27)32,20-12-6-7-13-21(20)33-2)16-23(30)28-14-8-11-19(17-28)24(31)18-9-4-3-5-10-18/h3-7,9-10,12-13,19H,8,11,14-17H2,1-2H3/t19-,26+/m0/s1. The van der Waals surface area contributed by atoms with Crippen LogP contribution in [0.3, 0.4) is 0 Å². The monoisotopic (exact) mass is 448 g/mol. The number of hydrogen-bond acceptors (Lipinski definition) is 5. The summed E-state index contributed by atoms with van der Waals surface area (Å²) in [5.74, 6) is -0.746. The van der Waals surface area contributed by atoms with E-state index in [1.807, 2.05) is 18.2 Å². The van der Waals surface area contributed by atoms with Gasteiger partial charge in [-0.05, 0) is 18.9 Å². The zero-order valence-corrected chi connectivity index (χ0v) is 19.0. The summed E-state index contributed by atoms with van der Waals surface area (Å²) in [6.07, 6.45) is 1.20. The average Bonchev–Trinajstić information content (AvgIpc) is 3.08. The fourth-order valence-electron chi connectivity index (χ4n) is 5.00. The molecule has 172 valence electrons. The first-order valence-electron chi connectivity index (χ1n) is 11.2. The van der Waals surface area contributed by atoms with Crippen molar-refractivity contribution in [1.82, 2.24) is 9.80 Å². The van der Waals surface area contributed by atoms with Crippen LogP contribution in [0.4, 0.5) is 0 Å². The third-order valence-electron chi connectivity index (χ3n) is 6.82. The third-order valence-corrected chi connectivity index (χ3v) is 6.82. The Morgan fingerprint density at radius 3 is 2.42 bits per heavy atom. The number of piperidine rings is 1. The quantitative estimate of drug-likeness (QED) is 0.501. The van der Waals surface area contributed by atoms with E-state index in [1.165, 1.54) is 14.2 Å². The molecule has 0 aliphatic carbocycles. The van der Waals surface area contributed by atoms with Crippen LogP contribution in [0.15, 0.2) is 54.6 Å². The molecule has 3 amide bonds. The van der Waals surface area contributed by atoms with Crippen LogP contribution in [0.2, 0.25) is 0 Å². The summed E-state index contributed by atoms with van der Waals surface area (Å²) in [6.45, 7) is 0.837. The van der Waals surface area contributed by atoms with Crippen molar-refractivity contribution in [2.75, 3.05) is 27.2 Å². The van der Waals surface area contributed by atoms with Crippen LogP contribution >= 0.6 is 0 Å². The molecule has 2 fully saturated rings. The first kappa shape index (κ1) is 22.7. The second-order valence-corrected chi connectivity index (χ2v) is 8.80. The van der Waals surface area contributed by atoms with Gasteiger partial charge in [0.25, 0.3) is 0 Å². The van der Waals surface area contributed by atoms with E-state index >= 15 is 0 Å². The molecule has 0 spiro atoms. The zero-order valence-electron chi connectivity index (χ0n) is 19.0. The molecule has 2 aliphatic rings. The molecule has 2 aliphatic heterocycles. The van der Waals surface area contributed by atoms with Gasteiger partial charge in [-0.3, -0.25) is 24.1 Å². The molecule has 0 unspecified atom stereocenters. The summed E-state index contributed by atoms with van der Waals surface area (Å²) < 4.78 is 5.47. The number of amides is 3. The summed E-state index contributed by atoms with van der Waals surface area (Å²) >= 11 is 0. The highest BCUT2D eigenvalue weighted by molar-refractivity contribution is 6.11. The van der Waals surface area contributed by atoms with Gasteiger partial charge < -0.3 is 9.64 Å². The number of para-hydroxylation sites is 1. The molecule has 33 heavy (non-hydrogen) atoms. The molecule has 7 nitrogen and oxygen atoms in total. The number of ketones is 1. The van der Waals surface area contributed by atoms with Gasteiger partial charge in [0.05, 0.1) is 12.5 Å². The van der Waals surface area contributed by atoms with Crippen molar-refractivity contribution in [2.45, 2.75) is 31.1 Å². The molecular weight excluding hydrogens is 420 g/mol. The normalized spacial score (nSPS) is 23.0. The van der Waals surface area contributed by atoms with E-state index < -0.39 is 11.3 Å². The third kappa shape index (κ3) is 4.15. The number of hydrogen-bond donors (Lipinski definition) is 0. The SMILES string of the molecule is COc1ccccc1[C@]1(CC(=O)N2CCC[C@H](C(=O)c3ccccc3)C2)CC(=O)N(C)C1=O. The molecular formula is C26H28N2O5. The van der Waals surface area contributed by atoms with Crippen LogP contribution in [0, 0.1) is 5.92 Å². The van der Waals surface area contributed by atoms with Gasteiger partial charge >= 0.3 is 0 Å².